The van der Waals surface area contributed by atoms with Crippen LogP contribution in [-0.2, 0) is 6.42 Å². The van der Waals surface area contributed by atoms with Crippen LogP contribution in [0.1, 0.15) is 18.4 Å². The summed E-state index contributed by atoms with van der Waals surface area (Å²) in [5, 5.41) is 12.9. The van der Waals surface area contributed by atoms with Crippen molar-refractivity contribution in [1.82, 2.24) is 5.32 Å². The highest BCUT2D eigenvalue weighted by Crippen LogP contribution is 2.18. The summed E-state index contributed by atoms with van der Waals surface area (Å²) in [6.07, 6.45) is 2.52. The fraction of sp³-hybridized carbons (Fsp3) is 0.500. The van der Waals surface area contributed by atoms with Crippen LogP contribution in [0.3, 0.4) is 0 Å². The molecule has 1 atom stereocenters. The highest BCUT2D eigenvalue weighted by Gasteiger charge is 2.21. The Bertz CT molecular complexity index is 325. The van der Waals surface area contributed by atoms with E-state index < -0.39 is 6.10 Å². The highest BCUT2D eigenvalue weighted by molar-refractivity contribution is 5.17. The molecular formula is C12H16FNO. The van der Waals surface area contributed by atoms with Gasteiger partial charge in [0.15, 0.2) is 0 Å². The molecule has 2 N–H and O–H groups in total. The van der Waals surface area contributed by atoms with Crippen LogP contribution in [0, 0.1) is 5.82 Å². The van der Waals surface area contributed by atoms with E-state index in [0.29, 0.717) is 19.0 Å². The molecule has 0 aliphatic heterocycles. The lowest BCUT2D eigenvalue weighted by atomic mass is 10.1. The molecule has 82 valence electrons. The van der Waals surface area contributed by atoms with Crippen LogP contribution in [0.2, 0.25) is 0 Å². The van der Waals surface area contributed by atoms with Gasteiger partial charge in [-0.05, 0) is 37.0 Å². The number of hydrogen-bond donors (Lipinski definition) is 2. The Hall–Kier alpha value is -0.930. The standard InChI is InChI=1S/C12H16FNO/c13-10-3-1-2-9(6-10)7-12(15)8-14-11-4-5-11/h1-3,6,11-12,14-15H,4-5,7-8H2. The van der Waals surface area contributed by atoms with Gasteiger partial charge in [-0.3, -0.25) is 0 Å². The van der Waals surface area contributed by atoms with Gasteiger partial charge in [-0.15, -0.1) is 0 Å². The zero-order valence-corrected chi connectivity index (χ0v) is 8.62. The van der Waals surface area contributed by atoms with E-state index >= 15 is 0 Å². The number of halogens is 1. The SMILES string of the molecule is OC(CNC1CC1)Cc1cccc(F)c1. The van der Waals surface area contributed by atoms with Crippen LogP contribution < -0.4 is 5.32 Å². The average molecular weight is 209 g/mol. The molecule has 1 aromatic carbocycles. The lowest BCUT2D eigenvalue weighted by Crippen LogP contribution is -2.29. The summed E-state index contributed by atoms with van der Waals surface area (Å²) in [6.45, 7) is 0.598. The number of nitrogens with one attached hydrogen (secondary N) is 1. The van der Waals surface area contributed by atoms with E-state index in [2.05, 4.69) is 5.32 Å². The molecule has 0 spiro atoms. The molecule has 3 heteroatoms. The number of hydrogen-bond acceptors (Lipinski definition) is 2. The van der Waals surface area contributed by atoms with Gasteiger partial charge in [0.25, 0.3) is 0 Å². The van der Waals surface area contributed by atoms with E-state index in [1.807, 2.05) is 6.07 Å². The first kappa shape index (κ1) is 10.6. The molecular weight excluding hydrogens is 193 g/mol. The molecule has 1 aliphatic rings. The van der Waals surface area contributed by atoms with Crippen LogP contribution in [0.5, 0.6) is 0 Å². The monoisotopic (exact) mass is 209 g/mol. The lowest BCUT2D eigenvalue weighted by Gasteiger charge is -2.11. The molecule has 2 nitrogen and oxygen atoms in total. The number of benzene rings is 1. The van der Waals surface area contributed by atoms with Crippen molar-refractivity contribution in [2.75, 3.05) is 6.54 Å². The van der Waals surface area contributed by atoms with Gasteiger partial charge < -0.3 is 10.4 Å². The van der Waals surface area contributed by atoms with Crippen molar-refractivity contribution in [2.45, 2.75) is 31.4 Å². The summed E-state index contributed by atoms with van der Waals surface area (Å²) in [5.41, 5.74) is 0.847. The fourth-order valence-electron chi connectivity index (χ4n) is 1.60. The molecule has 0 bridgehead atoms. The number of aliphatic hydroxyl groups is 1. The van der Waals surface area contributed by atoms with Crippen molar-refractivity contribution in [3.8, 4) is 0 Å². The molecule has 0 saturated heterocycles. The summed E-state index contributed by atoms with van der Waals surface area (Å²) in [5.74, 6) is -0.241. The lowest BCUT2D eigenvalue weighted by molar-refractivity contribution is 0.171. The first-order chi connectivity index (χ1) is 7.24. The normalized spacial score (nSPS) is 17.7. The van der Waals surface area contributed by atoms with Gasteiger partial charge >= 0.3 is 0 Å². The third-order valence-corrected chi connectivity index (χ3v) is 2.58. The smallest absolute Gasteiger partial charge is 0.123 e. The van der Waals surface area contributed by atoms with Gasteiger partial charge in [-0.25, -0.2) is 4.39 Å². The Kier molecular flexibility index (Phi) is 3.34. The van der Waals surface area contributed by atoms with E-state index in [9.17, 15) is 9.50 Å². The fourth-order valence-corrected chi connectivity index (χ4v) is 1.60. The largest absolute Gasteiger partial charge is 0.391 e. The maximum absolute atomic E-state index is 12.8. The Morgan fingerprint density at radius 1 is 1.47 bits per heavy atom. The number of rotatable bonds is 5. The third-order valence-electron chi connectivity index (χ3n) is 2.58. The summed E-state index contributed by atoms with van der Waals surface area (Å²) in [4.78, 5) is 0. The number of aliphatic hydroxyl groups excluding tert-OH is 1. The second-order valence-electron chi connectivity index (χ2n) is 4.17. The zero-order valence-electron chi connectivity index (χ0n) is 8.62. The van der Waals surface area contributed by atoms with Crippen LogP contribution in [0.4, 0.5) is 4.39 Å². The van der Waals surface area contributed by atoms with Crippen molar-refractivity contribution in [3.63, 3.8) is 0 Å². The summed E-state index contributed by atoms with van der Waals surface area (Å²) >= 11 is 0. The molecule has 0 radical (unpaired) electrons. The van der Waals surface area contributed by atoms with E-state index in [0.717, 1.165) is 5.56 Å². The summed E-state index contributed by atoms with van der Waals surface area (Å²) in [7, 11) is 0. The quantitative estimate of drug-likeness (QED) is 0.770. The summed E-state index contributed by atoms with van der Waals surface area (Å²) < 4.78 is 12.8. The van der Waals surface area contributed by atoms with Crippen molar-refractivity contribution in [2.24, 2.45) is 0 Å². The molecule has 1 unspecified atom stereocenters. The maximum atomic E-state index is 12.8. The minimum atomic E-state index is -0.424. The molecule has 1 fully saturated rings. The van der Waals surface area contributed by atoms with Crippen molar-refractivity contribution in [1.29, 1.82) is 0 Å². The van der Waals surface area contributed by atoms with Crippen LogP contribution in [0.15, 0.2) is 24.3 Å². The van der Waals surface area contributed by atoms with Crippen LogP contribution >= 0.6 is 0 Å². The zero-order chi connectivity index (χ0) is 10.7. The topological polar surface area (TPSA) is 32.3 Å². The first-order valence-electron chi connectivity index (χ1n) is 5.40. The van der Waals surface area contributed by atoms with Crippen molar-refractivity contribution < 1.29 is 9.50 Å². The summed E-state index contributed by atoms with van der Waals surface area (Å²) in [6, 6.07) is 7.00. The molecule has 2 rings (SSSR count). The third kappa shape index (κ3) is 3.61. The van der Waals surface area contributed by atoms with Crippen LogP contribution in [0.25, 0.3) is 0 Å². The van der Waals surface area contributed by atoms with Gasteiger partial charge in [-0.1, -0.05) is 12.1 Å². The van der Waals surface area contributed by atoms with Gasteiger partial charge in [-0.2, -0.15) is 0 Å². The first-order valence-corrected chi connectivity index (χ1v) is 5.40. The maximum Gasteiger partial charge on any atom is 0.123 e. The minimum Gasteiger partial charge on any atom is -0.391 e. The predicted octanol–water partition coefficient (Wildman–Crippen LogP) is 1.48. The van der Waals surface area contributed by atoms with Crippen molar-refractivity contribution in [3.05, 3.63) is 35.6 Å². The Morgan fingerprint density at radius 3 is 2.93 bits per heavy atom. The van der Waals surface area contributed by atoms with Crippen LogP contribution in [-0.4, -0.2) is 23.8 Å². The van der Waals surface area contributed by atoms with E-state index in [4.69, 9.17) is 0 Å². The Morgan fingerprint density at radius 2 is 2.27 bits per heavy atom. The second kappa shape index (κ2) is 4.73. The molecule has 1 aromatic rings. The van der Waals surface area contributed by atoms with Gasteiger partial charge in [0.2, 0.25) is 0 Å². The molecule has 15 heavy (non-hydrogen) atoms. The molecule has 0 heterocycles. The van der Waals surface area contributed by atoms with Crippen molar-refractivity contribution >= 4 is 0 Å². The van der Waals surface area contributed by atoms with E-state index in [1.165, 1.54) is 25.0 Å². The van der Waals surface area contributed by atoms with E-state index in [1.54, 1.807) is 6.07 Å². The van der Waals surface area contributed by atoms with Gasteiger partial charge in [0.1, 0.15) is 5.82 Å². The average Bonchev–Trinajstić information content (AvgIpc) is 2.98. The second-order valence-corrected chi connectivity index (χ2v) is 4.17. The Labute approximate surface area is 89.1 Å². The molecule has 1 aliphatic carbocycles. The van der Waals surface area contributed by atoms with Gasteiger partial charge in [0.05, 0.1) is 6.10 Å². The predicted molar refractivity (Wildman–Crippen MR) is 57.1 cm³/mol. The van der Waals surface area contributed by atoms with Gasteiger partial charge in [0, 0.05) is 12.6 Å². The highest BCUT2D eigenvalue weighted by atomic mass is 19.1. The molecule has 0 aromatic heterocycles. The molecule has 1 saturated carbocycles. The molecule has 0 amide bonds. The Balaban J connectivity index is 1.79. The minimum absolute atomic E-state index is 0.241. The van der Waals surface area contributed by atoms with E-state index in [-0.39, 0.29) is 5.82 Å².